The summed E-state index contributed by atoms with van der Waals surface area (Å²) in [5.74, 6) is 3.18. The van der Waals surface area contributed by atoms with Crippen LogP contribution in [0.2, 0.25) is 0 Å². The molecule has 0 bridgehead atoms. The van der Waals surface area contributed by atoms with Crippen LogP contribution >= 0.6 is 24.0 Å². The number of hydrogen-bond donors (Lipinski definition) is 2. The summed E-state index contributed by atoms with van der Waals surface area (Å²) in [7, 11) is 5.12. The zero-order chi connectivity index (χ0) is 22.8. The summed E-state index contributed by atoms with van der Waals surface area (Å²) in [4.78, 5) is 4.40. The van der Waals surface area contributed by atoms with Gasteiger partial charge in [-0.05, 0) is 49.6 Å². The van der Waals surface area contributed by atoms with E-state index in [1.54, 1.807) is 21.3 Å². The van der Waals surface area contributed by atoms with Crippen molar-refractivity contribution in [1.29, 1.82) is 0 Å². The lowest BCUT2D eigenvalue weighted by Crippen LogP contribution is -2.49. The van der Waals surface area contributed by atoms with Gasteiger partial charge >= 0.3 is 0 Å². The van der Waals surface area contributed by atoms with Crippen molar-refractivity contribution in [2.75, 3.05) is 47.6 Å². The predicted octanol–water partition coefficient (Wildman–Crippen LogP) is 4.00. The van der Waals surface area contributed by atoms with Crippen LogP contribution in [0, 0.1) is 0 Å². The van der Waals surface area contributed by atoms with E-state index in [4.69, 9.17) is 18.9 Å². The molecule has 1 unspecified atom stereocenters. The lowest BCUT2D eigenvalue weighted by atomic mass is 9.74. The van der Waals surface area contributed by atoms with Crippen LogP contribution in [0.1, 0.15) is 25.3 Å². The molecule has 1 fully saturated rings. The molecule has 0 radical (unpaired) electrons. The molecular weight excluding hydrogens is 533 g/mol. The Labute approximate surface area is 214 Å². The summed E-state index contributed by atoms with van der Waals surface area (Å²) < 4.78 is 22.2. The Bertz CT molecular complexity index is 870. The van der Waals surface area contributed by atoms with Gasteiger partial charge in [0, 0.05) is 38.3 Å². The highest BCUT2D eigenvalue weighted by Crippen LogP contribution is 2.35. The van der Waals surface area contributed by atoms with Crippen LogP contribution < -0.4 is 24.8 Å². The zero-order valence-electron chi connectivity index (χ0n) is 19.9. The molecule has 1 aliphatic heterocycles. The Morgan fingerprint density at radius 1 is 1.00 bits per heavy atom. The number of guanidine groups is 1. The Kier molecular flexibility index (Phi) is 11.1. The molecule has 1 heterocycles. The quantitative estimate of drug-likeness (QED) is 0.270. The summed E-state index contributed by atoms with van der Waals surface area (Å²) in [5.41, 5.74) is 1.28. The molecule has 7 nitrogen and oxygen atoms in total. The number of nitrogens with one attached hydrogen (secondary N) is 2. The first-order valence-corrected chi connectivity index (χ1v) is 11.1. The van der Waals surface area contributed by atoms with E-state index in [-0.39, 0.29) is 35.5 Å². The standard InChI is InChI=1S/C25H35N3O4.HI/c1-19(32-23-7-5-6-22(16-23)30-4)17-27-24(26-2)28-18-25(12-14-31-15-13-25)20-8-10-21(29-3)11-9-20;/h5-11,16,19H,12-15,17-18H2,1-4H3,(H2,26,27,28);1H. The van der Waals surface area contributed by atoms with Gasteiger partial charge in [0.15, 0.2) is 5.96 Å². The van der Waals surface area contributed by atoms with Crippen LogP contribution in [-0.2, 0) is 10.2 Å². The maximum absolute atomic E-state index is 6.00. The first kappa shape index (κ1) is 27.0. The Morgan fingerprint density at radius 2 is 1.67 bits per heavy atom. The highest BCUT2D eigenvalue weighted by molar-refractivity contribution is 14.0. The van der Waals surface area contributed by atoms with Gasteiger partial charge in [-0.15, -0.1) is 24.0 Å². The number of methoxy groups -OCH3 is 2. The number of hydrogen-bond acceptors (Lipinski definition) is 5. The van der Waals surface area contributed by atoms with Gasteiger partial charge in [-0.3, -0.25) is 4.99 Å². The monoisotopic (exact) mass is 569 g/mol. The fourth-order valence-electron chi connectivity index (χ4n) is 3.94. The molecule has 1 saturated heterocycles. The minimum absolute atomic E-state index is 0. The largest absolute Gasteiger partial charge is 0.497 e. The number of nitrogens with zero attached hydrogens (tertiary/aromatic N) is 1. The molecule has 3 rings (SSSR count). The SMILES string of the molecule is CN=C(NCC(C)Oc1cccc(OC)c1)NCC1(c2ccc(OC)cc2)CCOCC1.I. The number of benzene rings is 2. The average molecular weight is 569 g/mol. The molecule has 182 valence electrons. The molecule has 2 aromatic rings. The van der Waals surface area contributed by atoms with Gasteiger partial charge < -0.3 is 29.6 Å². The fourth-order valence-corrected chi connectivity index (χ4v) is 3.94. The van der Waals surface area contributed by atoms with Crippen LogP contribution in [0.25, 0.3) is 0 Å². The molecule has 0 saturated carbocycles. The molecule has 0 spiro atoms. The van der Waals surface area contributed by atoms with Crippen molar-refractivity contribution < 1.29 is 18.9 Å². The molecule has 0 aliphatic carbocycles. The third-order valence-electron chi connectivity index (χ3n) is 5.91. The summed E-state index contributed by atoms with van der Waals surface area (Å²) in [5, 5.41) is 6.90. The van der Waals surface area contributed by atoms with E-state index < -0.39 is 0 Å². The summed E-state index contributed by atoms with van der Waals surface area (Å²) >= 11 is 0. The average Bonchev–Trinajstić information content (AvgIpc) is 2.85. The first-order chi connectivity index (χ1) is 15.6. The second kappa shape index (κ2) is 13.5. The molecule has 0 aromatic heterocycles. The van der Waals surface area contributed by atoms with Crippen LogP contribution in [0.15, 0.2) is 53.5 Å². The zero-order valence-corrected chi connectivity index (χ0v) is 22.3. The maximum Gasteiger partial charge on any atom is 0.191 e. The molecule has 1 atom stereocenters. The van der Waals surface area contributed by atoms with Crippen LogP contribution in [0.5, 0.6) is 17.2 Å². The summed E-state index contributed by atoms with van der Waals surface area (Å²) in [6, 6.07) is 16.0. The van der Waals surface area contributed by atoms with Crippen molar-refractivity contribution >= 4 is 29.9 Å². The third kappa shape index (κ3) is 7.67. The number of ether oxygens (including phenoxy) is 4. The Morgan fingerprint density at radius 3 is 2.30 bits per heavy atom. The summed E-state index contributed by atoms with van der Waals surface area (Å²) in [6.45, 7) is 4.93. The molecule has 33 heavy (non-hydrogen) atoms. The van der Waals surface area contributed by atoms with Crippen molar-refractivity contribution in [3.63, 3.8) is 0 Å². The smallest absolute Gasteiger partial charge is 0.191 e. The van der Waals surface area contributed by atoms with Crippen LogP contribution in [0.3, 0.4) is 0 Å². The highest BCUT2D eigenvalue weighted by atomic mass is 127. The molecule has 1 aliphatic rings. The van der Waals surface area contributed by atoms with Gasteiger partial charge in [-0.2, -0.15) is 0 Å². The Hall–Kier alpha value is -2.20. The second-order valence-electron chi connectivity index (χ2n) is 8.04. The molecular formula is C25H36IN3O4. The van der Waals surface area contributed by atoms with E-state index in [1.165, 1.54) is 5.56 Å². The second-order valence-corrected chi connectivity index (χ2v) is 8.04. The van der Waals surface area contributed by atoms with Crippen molar-refractivity contribution in [3.8, 4) is 17.2 Å². The van der Waals surface area contributed by atoms with Crippen LogP contribution in [0.4, 0.5) is 0 Å². The van der Waals surface area contributed by atoms with Gasteiger partial charge in [0.25, 0.3) is 0 Å². The topological polar surface area (TPSA) is 73.3 Å². The highest BCUT2D eigenvalue weighted by Gasteiger charge is 2.34. The van der Waals surface area contributed by atoms with Gasteiger partial charge in [-0.1, -0.05) is 18.2 Å². The van der Waals surface area contributed by atoms with E-state index in [1.807, 2.05) is 43.3 Å². The first-order valence-electron chi connectivity index (χ1n) is 11.1. The number of aliphatic imine (C=N–C) groups is 1. The summed E-state index contributed by atoms with van der Waals surface area (Å²) in [6.07, 6.45) is 1.87. The lowest BCUT2D eigenvalue weighted by molar-refractivity contribution is 0.0513. The van der Waals surface area contributed by atoms with Crippen molar-refractivity contribution in [2.45, 2.75) is 31.3 Å². The normalized spacial score (nSPS) is 16.2. The predicted molar refractivity (Wildman–Crippen MR) is 143 cm³/mol. The lowest BCUT2D eigenvalue weighted by Gasteiger charge is -2.38. The van der Waals surface area contributed by atoms with E-state index in [0.717, 1.165) is 55.8 Å². The maximum atomic E-state index is 6.00. The molecule has 2 N–H and O–H groups in total. The van der Waals surface area contributed by atoms with Crippen molar-refractivity contribution in [2.24, 2.45) is 4.99 Å². The minimum atomic E-state index is -0.0423. The van der Waals surface area contributed by atoms with E-state index in [0.29, 0.717) is 6.54 Å². The van der Waals surface area contributed by atoms with Crippen LogP contribution in [-0.4, -0.2) is 59.6 Å². The van der Waals surface area contributed by atoms with Crippen molar-refractivity contribution in [1.82, 2.24) is 10.6 Å². The fraction of sp³-hybridized carbons (Fsp3) is 0.480. The van der Waals surface area contributed by atoms with Gasteiger partial charge in [0.05, 0.1) is 20.8 Å². The number of rotatable bonds is 9. The van der Waals surface area contributed by atoms with Gasteiger partial charge in [-0.25, -0.2) is 0 Å². The minimum Gasteiger partial charge on any atom is -0.497 e. The number of halogens is 1. The van der Waals surface area contributed by atoms with Gasteiger partial charge in [0.2, 0.25) is 0 Å². The molecule has 8 heteroatoms. The van der Waals surface area contributed by atoms with E-state index >= 15 is 0 Å². The van der Waals surface area contributed by atoms with E-state index in [2.05, 4.69) is 27.8 Å². The molecule has 0 amide bonds. The van der Waals surface area contributed by atoms with E-state index in [9.17, 15) is 0 Å². The third-order valence-corrected chi connectivity index (χ3v) is 5.91. The molecule has 2 aromatic carbocycles. The van der Waals surface area contributed by atoms with Gasteiger partial charge in [0.1, 0.15) is 23.4 Å². The van der Waals surface area contributed by atoms with Crippen molar-refractivity contribution in [3.05, 3.63) is 54.1 Å². The Balaban J connectivity index is 0.00000385.